The van der Waals surface area contributed by atoms with Gasteiger partial charge in [-0.05, 0) is 44.5 Å². The van der Waals surface area contributed by atoms with Crippen LogP contribution in [0.3, 0.4) is 0 Å². The van der Waals surface area contributed by atoms with Gasteiger partial charge in [-0.1, -0.05) is 35.4 Å². The average Bonchev–Trinajstić information content (AvgIpc) is 2.90. The summed E-state index contributed by atoms with van der Waals surface area (Å²) >= 11 is 0. The number of hydrogen-bond donors (Lipinski definition) is 1. The number of benzene rings is 2. The molecule has 2 aromatic carbocycles. The topological polar surface area (TPSA) is 49.4 Å². The van der Waals surface area contributed by atoms with Gasteiger partial charge in [-0.25, -0.2) is 0 Å². The first kappa shape index (κ1) is 15.3. The summed E-state index contributed by atoms with van der Waals surface area (Å²) in [6.45, 7) is 4.61. The lowest BCUT2D eigenvalue weighted by Crippen LogP contribution is -2.41. The number of rotatable bonds is 3. The third kappa shape index (κ3) is 3.26. The van der Waals surface area contributed by atoms with Crippen molar-refractivity contribution in [2.24, 2.45) is 0 Å². The molecule has 3 rings (SSSR count). The van der Waals surface area contributed by atoms with Crippen molar-refractivity contribution in [2.75, 3.05) is 11.4 Å². The summed E-state index contributed by atoms with van der Waals surface area (Å²) in [4.78, 5) is 26.5. The van der Waals surface area contributed by atoms with E-state index in [1.54, 1.807) is 17.0 Å². The molecule has 0 aromatic heterocycles. The Bertz CT molecular complexity index is 720. The number of nitrogens with one attached hydrogen (secondary N) is 1. The van der Waals surface area contributed by atoms with Gasteiger partial charge >= 0.3 is 0 Å². The van der Waals surface area contributed by atoms with Gasteiger partial charge in [0.15, 0.2) is 0 Å². The molecule has 1 heterocycles. The molecule has 0 bridgehead atoms. The monoisotopic (exact) mass is 308 g/mol. The fourth-order valence-corrected chi connectivity index (χ4v) is 2.74. The van der Waals surface area contributed by atoms with Gasteiger partial charge in [0, 0.05) is 17.8 Å². The maximum atomic E-state index is 12.5. The summed E-state index contributed by atoms with van der Waals surface area (Å²) in [6.07, 6.45) is 0.629. The minimum atomic E-state index is -0.454. The predicted molar refractivity (Wildman–Crippen MR) is 90.6 cm³/mol. The molecule has 118 valence electrons. The zero-order valence-electron chi connectivity index (χ0n) is 13.4. The molecule has 1 atom stereocenters. The van der Waals surface area contributed by atoms with E-state index in [2.05, 4.69) is 5.32 Å². The van der Waals surface area contributed by atoms with Gasteiger partial charge in [-0.3, -0.25) is 9.59 Å². The van der Waals surface area contributed by atoms with Crippen LogP contribution in [0.2, 0.25) is 0 Å². The molecule has 1 saturated heterocycles. The smallest absolute Gasteiger partial charge is 0.251 e. The van der Waals surface area contributed by atoms with Crippen LogP contribution < -0.4 is 10.2 Å². The molecule has 0 radical (unpaired) electrons. The number of amides is 2. The Labute approximate surface area is 136 Å². The highest BCUT2D eigenvalue weighted by Crippen LogP contribution is 2.22. The van der Waals surface area contributed by atoms with E-state index in [1.807, 2.05) is 50.2 Å². The number of carbonyl (C=O) groups excluding carboxylic acids is 2. The normalized spacial score (nSPS) is 17.4. The van der Waals surface area contributed by atoms with Crippen molar-refractivity contribution in [2.45, 2.75) is 26.3 Å². The van der Waals surface area contributed by atoms with Gasteiger partial charge < -0.3 is 10.2 Å². The van der Waals surface area contributed by atoms with E-state index in [0.29, 0.717) is 18.5 Å². The summed E-state index contributed by atoms with van der Waals surface area (Å²) in [5, 5.41) is 2.85. The number of carbonyl (C=O) groups is 2. The lowest BCUT2D eigenvalue weighted by molar-refractivity contribution is -0.118. The maximum absolute atomic E-state index is 12.5. The molecule has 1 unspecified atom stereocenters. The summed E-state index contributed by atoms with van der Waals surface area (Å²) in [7, 11) is 0. The van der Waals surface area contributed by atoms with E-state index in [1.165, 1.54) is 0 Å². The van der Waals surface area contributed by atoms with Crippen molar-refractivity contribution in [3.8, 4) is 0 Å². The van der Waals surface area contributed by atoms with Gasteiger partial charge in [-0.2, -0.15) is 0 Å². The van der Waals surface area contributed by atoms with E-state index in [0.717, 1.165) is 16.8 Å². The zero-order chi connectivity index (χ0) is 16.4. The van der Waals surface area contributed by atoms with Gasteiger partial charge in [0.25, 0.3) is 5.91 Å². The molecular formula is C19H20N2O2. The molecule has 0 saturated carbocycles. The highest BCUT2D eigenvalue weighted by Gasteiger charge is 2.33. The number of aryl methyl sites for hydroxylation is 2. The molecule has 23 heavy (non-hydrogen) atoms. The lowest BCUT2D eigenvalue weighted by atomic mass is 10.1. The largest absolute Gasteiger partial charge is 0.340 e. The highest BCUT2D eigenvalue weighted by atomic mass is 16.2. The maximum Gasteiger partial charge on any atom is 0.251 e. The van der Waals surface area contributed by atoms with Crippen LogP contribution in [-0.4, -0.2) is 24.4 Å². The van der Waals surface area contributed by atoms with Gasteiger partial charge in [-0.15, -0.1) is 0 Å². The average molecular weight is 308 g/mol. The van der Waals surface area contributed by atoms with E-state index >= 15 is 0 Å². The van der Waals surface area contributed by atoms with E-state index < -0.39 is 6.04 Å². The van der Waals surface area contributed by atoms with Crippen molar-refractivity contribution in [1.29, 1.82) is 0 Å². The van der Waals surface area contributed by atoms with Gasteiger partial charge in [0.1, 0.15) is 6.04 Å². The molecule has 2 aromatic rings. The standard InChI is InChI=1S/C19H20N2O2/c1-13-3-7-15(8-4-13)18(22)20-17-11-12-21(19(17)23)16-9-5-14(2)6-10-16/h3-10,17H,11-12H2,1-2H3,(H,20,22). The zero-order valence-corrected chi connectivity index (χ0v) is 13.4. The minimum absolute atomic E-state index is 0.0469. The lowest BCUT2D eigenvalue weighted by Gasteiger charge is -2.17. The third-order valence-electron chi connectivity index (χ3n) is 4.17. The van der Waals surface area contributed by atoms with Crippen molar-refractivity contribution in [3.05, 3.63) is 65.2 Å². The Hall–Kier alpha value is -2.62. The molecule has 1 aliphatic heterocycles. The first-order valence-electron chi connectivity index (χ1n) is 7.80. The Balaban J connectivity index is 1.68. The van der Waals surface area contributed by atoms with Crippen LogP contribution in [0.25, 0.3) is 0 Å². The van der Waals surface area contributed by atoms with Crippen LogP contribution in [0.15, 0.2) is 48.5 Å². The van der Waals surface area contributed by atoms with Crippen molar-refractivity contribution >= 4 is 17.5 Å². The Morgan fingerprint density at radius 3 is 2.17 bits per heavy atom. The Morgan fingerprint density at radius 1 is 1.00 bits per heavy atom. The fraction of sp³-hybridized carbons (Fsp3) is 0.263. The van der Waals surface area contributed by atoms with Crippen LogP contribution in [0.5, 0.6) is 0 Å². The van der Waals surface area contributed by atoms with Crippen molar-refractivity contribution < 1.29 is 9.59 Å². The van der Waals surface area contributed by atoms with Crippen LogP contribution in [0, 0.1) is 13.8 Å². The quantitative estimate of drug-likeness (QED) is 0.948. The molecule has 2 amide bonds. The van der Waals surface area contributed by atoms with Crippen LogP contribution >= 0.6 is 0 Å². The molecule has 1 fully saturated rings. The second-order valence-electron chi connectivity index (χ2n) is 6.01. The number of nitrogens with zero attached hydrogens (tertiary/aromatic N) is 1. The van der Waals surface area contributed by atoms with E-state index in [-0.39, 0.29) is 11.8 Å². The van der Waals surface area contributed by atoms with Crippen molar-refractivity contribution in [1.82, 2.24) is 5.32 Å². The molecule has 1 aliphatic rings. The van der Waals surface area contributed by atoms with Gasteiger partial charge in [0.05, 0.1) is 0 Å². The van der Waals surface area contributed by atoms with Crippen LogP contribution in [-0.2, 0) is 4.79 Å². The summed E-state index contributed by atoms with van der Waals surface area (Å²) in [5.41, 5.74) is 3.72. The van der Waals surface area contributed by atoms with Gasteiger partial charge in [0.2, 0.25) is 5.91 Å². The van der Waals surface area contributed by atoms with E-state index in [4.69, 9.17) is 0 Å². The Kier molecular flexibility index (Phi) is 4.15. The summed E-state index contributed by atoms with van der Waals surface area (Å²) in [5.74, 6) is -0.247. The second-order valence-corrected chi connectivity index (χ2v) is 6.01. The number of anilines is 1. The fourth-order valence-electron chi connectivity index (χ4n) is 2.74. The van der Waals surface area contributed by atoms with Crippen LogP contribution in [0.1, 0.15) is 27.9 Å². The molecule has 0 spiro atoms. The van der Waals surface area contributed by atoms with E-state index in [9.17, 15) is 9.59 Å². The first-order chi connectivity index (χ1) is 11.0. The molecule has 4 nitrogen and oxygen atoms in total. The molecule has 0 aliphatic carbocycles. The molecule has 1 N–H and O–H groups in total. The second kappa shape index (κ2) is 6.24. The number of hydrogen-bond acceptors (Lipinski definition) is 2. The summed E-state index contributed by atoms with van der Waals surface area (Å²) < 4.78 is 0. The molecule has 4 heteroatoms. The SMILES string of the molecule is Cc1ccc(C(=O)NC2CCN(c3ccc(C)cc3)C2=O)cc1. The summed E-state index contributed by atoms with van der Waals surface area (Å²) in [6, 6.07) is 14.7. The minimum Gasteiger partial charge on any atom is -0.340 e. The first-order valence-corrected chi connectivity index (χ1v) is 7.80. The molecular weight excluding hydrogens is 288 g/mol. The van der Waals surface area contributed by atoms with Crippen molar-refractivity contribution in [3.63, 3.8) is 0 Å². The van der Waals surface area contributed by atoms with Crippen LogP contribution in [0.4, 0.5) is 5.69 Å². The predicted octanol–water partition coefficient (Wildman–Crippen LogP) is 2.84. The third-order valence-corrected chi connectivity index (χ3v) is 4.17. The highest BCUT2D eigenvalue weighted by molar-refractivity contribution is 6.03. The Morgan fingerprint density at radius 2 is 1.57 bits per heavy atom.